The zero-order valence-corrected chi connectivity index (χ0v) is 41.7. The van der Waals surface area contributed by atoms with Crippen molar-refractivity contribution in [2.75, 3.05) is 50.2 Å². The van der Waals surface area contributed by atoms with Gasteiger partial charge in [-0.1, -0.05) is 27.5 Å². The Hall–Kier alpha value is -6.00. The number of fused-ring (bicyclic) bond motifs is 2. The van der Waals surface area contributed by atoms with Gasteiger partial charge in [0.05, 0.1) is 27.4 Å². The minimum atomic E-state index is -0.542. The van der Waals surface area contributed by atoms with Crippen molar-refractivity contribution >= 4 is 72.8 Å². The third-order valence-corrected chi connectivity index (χ3v) is 14.3. The van der Waals surface area contributed by atoms with Crippen LogP contribution in [-0.4, -0.2) is 82.5 Å². The minimum absolute atomic E-state index is 0.0179. The van der Waals surface area contributed by atoms with Crippen LogP contribution in [0.15, 0.2) is 96.0 Å². The number of carbonyl (C=O) groups excluding carboxylic acids is 2. The van der Waals surface area contributed by atoms with Crippen molar-refractivity contribution in [1.29, 1.82) is 0 Å². The standard InChI is InChI=1S/C30H30ClFN4O3.C24H27BrN4O2/c1-18-12-21(4-6-24(18)30(37)35-20-2-3-20)36-17-34-29-27(33-16-19-8-10-38-11-9-19)14-23(15-28(29)36)39-22-5-7-25(31)26(32)13-22;1-15-10-19(4-5-20(15)24(30)28-18-2-3-18)29-14-27-23-21(11-17(25)12-22(23)29)26-13-16-6-8-31-9-7-16/h4-7,12-15,17,19-20,33H,2-3,8-11,16H2,1H3,(H,35,37);4-5,10-12,14,16,18,26H,2-3,6-9,13H2,1H3,(H,28,30). The molecule has 364 valence electrons. The SMILES string of the molecule is Cc1cc(-n2cnc3c(NCC4CCOCC4)cc(Br)cc32)ccc1C(=O)NC1CC1.Cc1cc(-n2cnc3c(NCC4CCOCC4)cc(Oc4ccc(Cl)c(F)c4)cc32)ccc1C(=O)NC1CC1. The lowest BCUT2D eigenvalue weighted by atomic mass is 10.0. The van der Waals surface area contributed by atoms with Crippen molar-refractivity contribution in [3.05, 3.63) is 129 Å². The molecule has 13 nitrogen and oxygen atoms in total. The summed E-state index contributed by atoms with van der Waals surface area (Å²) >= 11 is 9.52. The van der Waals surface area contributed by atoms with E-state index >= 15 is 0 Å². The van der Waals surface area contributed by atoms with Crippen LogP contribution in [0.4, 0.5) is 15.8 Å². The third-order valence-electron chi connectivity index (χ3n) is 13.5. The first-order chi connectivity index (χ1) is 34.0. The molecule has 4 N–H and O–H groups in total. The number of hydrogen-bond donors (Lipinski definition) is 4. The largest absolute Gasteiger partial charge is 0.457 e. The Labute approximate surface area is 420 Å². The summed E-state index contributed by atoms with van der Waals surface area (Å²) in [4.78, 5) is 34.5. The van der Waals surface area contributed by atoms with Crippen molar-refractivity contribution in [3.8, 4) is 22.9 Å². The van der Waals surface area contributed by atoms with Gasteiger partial charge >= 0.3 is 0 Å². The predicted octanol–water partition coefficient (Wildman–Crippen LogP) is 11.5. The van der Waals surface area contributed by atoms with Crippen LogP contribution in [0.25, 0.3) is 33.4 Å². The lowest BCUT2D eigenvalue weighted by molar-refractivity contribution is 0.0698. The molecule has 70 heavy (non-hydrogen) atoms. The predicted molar refractivity (Wildman–Crippen MR) is 276 cm³/mol. The molecule has 7 aromatic rings. The van der Waals surface area contributed by atoms with Crippen molar-refractivity contribution in [2.24, 2.45) is 11.8 Å². The van der Waals surface area contributed by atoms with E-state index in [4.69, 9.17) is 35.8 Å². The van der Waals surface area contributed by atoms with Gasteiger partial charge in [0.1, 0.15) is 41.0 Å². The summed E-state index contributed by atoms with van der Waals surface area (Å²) in [6.07, 6.45) is 12.1. The number of aromatic nitrogens is 4. The number of halogens is 3. The van der Waals surface area contributed by atoms with Crippen molar-refractivity contribution in [1.82, 2.24) is 29.7 Å². The molecule has 4 heterocycles. The fourth-order valence-corrected chi connectivity index (χ4v) is 9.65. The highest BCUT2D eigenvalue weighted by atomic mass is 79.9. The maximum Gasteiger partial charge on any atom is 0.251 e. The van der Waals surface area contributed by atoms with Gasteiger partial charge in [0.25, 0.3) is 11.8 Å². The maximum atomic E-state index is 14.1. The lowest BCUT2D eigenvalue weighted by Gasteiger charge is -2.23. The van der Waals surface area contributed by atoms with Crippen molar-refractivity contribution in [3.63, 3.8) is 0 Å². The van der Waals surface area contributed by atoms with Crippen LogP contribution in [0.1, 0.15) is 83.2 Å². The summed E-state index contributed by atoms with van der Waals surface area (Å²) in [6.45, 7) is 8.88. The number of anilines is 2. The number of ether oxygens (including phenoxy) is 3. The van der Waals surface area contributed by atoms with E-state index in [1.165, 1.54) is 12.1 Å². The highest BCUT2D eigenvalue weighted by Crippen LogP contribution is 2.35. The number of benzene rings is 5. The number of nitrogens with zero attached hydrogens (tertiary/aromatic N) is 4. The lowest BCUT2D eigenvalue weighted by Crippen LogP contribution is -2.26. The molecule has 2 aliphatic heterocycles. The van der Waals surface area contributed by atoms with E-state index in [9.17, 15) is 14.0 Å². The van der Waals surface area contributed by atoms with Gasteiger partial charge in [-0.05, 0) is 149 Å². The van der Waals surface area contributed by atoms with Gasteiger partial charge in [-0.3, -0.25) is 18.7 Å². The first-order valence-corrected chi connectivity index (χ1v) is 25.5. The summed E-state index contributed by atoms with van der Waals surface area (Å²) in [5, 5.41) is 13.3. The fourth-order valence-electron chi connectivity index (χ4n) is 9.08. The Bertz CT molecular complexity index is 3050. The molecule has 0 atom stereocenters. The Morgan fingerprint density at radius 3 is 1.64 bits per heavy atom. The van der Waals surface area contributed by atoms with Crippen LogP contribution in [-0.2, 0) is 9.47 Å². The zero-order valence-electron chi connectivity index (χ0n) is 39.3. The number of imidazole rings is 2. The van der Waals surface area contributed by atoms with Crippen LogP contribution < -0.4 is 26.0 Å². The third kappa shape index (κ3) is 11.3. The number of carbonyl (C=O) groups is 2. The second-order valence-corrected chi connectivity index (χ2v) is 20.3. The van der Waals surface area contributed by atoms with Crippen LogP contribution >= 0.6 is 27.5 Å². The number of rotatable bonds is 14. The van der Waals surface area contributed by atoms with E-state index in [1.54, 1.807) is 12.4 Å². The second-order valence-electron chi connectivity index (χ2n) is 18.9. The highest BCUT2D eigenvalue weighted by molar-refractivity contribution is 9.10. The molecule has 0 spiro atoms. The molecule has 2 saturated carbocycles. The molecular formula is C54H57BrClFN8O5. The molecule has 2 aromatic heterocycles. The summed E-state index contributed by atoms with van der Waals surface area (Å²) in [6, 6.07) is 24.7. The van der Waals surface area contributed by atoms with Crippen LogP contribution in [0.3, 0.4) is 0 Å². The topological polar surface area (TPSA) is 146 Å². The van der Waals surface area contributed by atoms with Crippen LogP contribution in [0, 0.1) is 31.5 Å². The molecule has 4 aliphatic rings. The first kappa shape index (κ1) is 47.7. The fraction of sp³-hybridized carbons (Fsp3) is 0.370. The highest BCUT2D eigenvalue weighted by Gasteiger charge is 2.26. The van der Waals surface area contributed by atoms with Crippen molar-refractivity contribution < 1.29 is 28.2 Å². The van der Waals surface area contributed by atoms with E-state index in [0.717, 1.165) is 157 Å². The average molecular weight is 1030 g/mol. The van der Waals surface area contributed by atoms with Gasteiger partial charge in [-0.2, -0.15) is 0 Å². The monoisotopic (exact) mass is 1030 g/mol. The number of hydrogen-bond acceptors (Lipinski definition) is 9. The quantitative estimate of drug-likeness (QED) is 0.0836. The summed E-state index contributed by atoms with van der Waals surface area (Å²) < 4.78 is 36.2. The van der Waals surface area contributed by atoms with Gasteiger partial charge in [0.15, 0.2) is 0 Å². The second kappa shape index (κ2) is 21.2. The van der Waals surface area contributed by atoms with Gasteiger partial charge in [-0.25, -0.2) is 14.4 Å². The normalized spacial score (nSPS) is 16.4. The van der Waals surface area contributed by atoms with Gasteiger partial charge < -0.3 is 35.5 Å². The molecule has 0 unspecified atom stereocenters. The number of nitrogens with one attached hydrogen (secondary N) is 4. The maximum absolute atomic E-state index is 14.1. The Balaban J connectivity index is 0.000000166. The van der Waals surface area contributed by atoms with Gasteiger partial charge in [-0.15, -0.1) is 0 Å². The average Bonchev–Trinajstić information content (AvgIpc) is 4.28. The van der Waals surface area contributed by atoms with E-state index < -0.39 is 5.82 Å². The molecule has 2 aliphatic carbocycles. The van der Waals surface area contributed by atoms with Crippen molar-refractivity contribution in [2.45, 2.75) is 77.3 Å². The smallest absolute Gasteiger partial charge is 0.251 e. The van der Waals surface area contributed by atoms with E-state index in [-0.39, 0.29) is 16.8 Å². The Morgan fingerprint density at radius 1 is 0.657 bits per heavy atom. The number of amides is 2. The van der Waals surface area contributed by atoms with E-state index in [0.29, 0.717) is 41.0 Å². The molecular weight excluding hydrogens is 975 g/mol. The molecule has 16 heteroatoms. The van der Waals surface area contributed by atoms with E-state index in [2.05, 4.69) is 60.0 Å². The van der Waals surface area contributed by atoms with Crippen LogP contribution in [0.2, 0.25) is 5.02 Å². The Morgan fingerprint density at radius 2 is 1.16 bits per heavy atom. The summed E-state index contributed by atoms with van der Waals surface area (Å²) in [5.74, 6) is 1.45. The molecule has 2 amide bonds. The molecule has 5 aromatic carbocycles. The Kier molecular flexibility index (Phi) is 14.4. The van der Waals surface area contributed by atoms with E-state index in [1.807, 2.05) is 67.2 Å². The summed E-state index contributed by atoms with van der Waals surface area (Å²) in [5.41, 5.74) is 10.6. The molecule has 11 rings (SSSR count). The van der Waals surface area contributed by atoms with Gasteiger partial charge in [0.2, 0.25) is 0 Å². The summed E-state index contributed by atoms with van der Waals surface area (Å²) in [7, 11) is 0. The molecule has 2 saturated heterocycles. The number of aryl methyl sites for hydroxylation is 2. The van der Waals surface area contributed by atoms with Crippen LogP contribution in [0.5, 0.6) is 11.5 Å². The minimum Gasteiger partial charge on any atom is -0.457 e. The zero-order chi connectivity index (χ0) is 48.3. The van der Waals surface area contributed by atoms with Gasteiger partial charge in [0, 0.05) is 96.8 Å². The molecule has 0 bridgehead atoms. The molecule has 4 fully saturated rings. The first-order valence-electron chi connectivity index (χ1n) is 24.3. The molecule has 0 radical (unpaired) electrons.